The van der Waals surface area contributed by atoms with Gasteiger partial charge in [0.25, 0.3) is 0 Å². The smallest absolute Gasteiger partial charge is 0.416 e. The first-order valence-electron chi connectivity index (χ1n) is 6.91. The fourth-order valence-electron chi connectivity index (χ4n) is 2.68. The summed E-state index contributed by atoms with van der Waals surface area (Å²) in [6.07, 6.45) is -1.09. The first-order valence-corrected chi connectivity index (χ1v) is 6.91. The maximum Gasteiger partial charge on any atom is 0.416 e. The molecule has 116 valence electrons. The van der Waals surface area contributed by atoms with Crippen LogP contribution in [0.5, 0.6) is 5.75 Å². The zero-order valence-corrected chi connectivity index (χ0v) is 11.4. The Balaban J connectivity index is 1.94. The number of halogens is 3. The number of carbonyl (C=O) groups is 1. The fraction of sp³-hybridized carbons (Fsp3) is 0.533. The quantitative estimate of drug-likeness (QED) is 0.915. The zero-order valence-electron chi connectivity index (χ0n) is 11.4. The minimum Gasteiger partial charge on any atom is -0.493 e. The maximum atomic E-state index is 12.4. The van der Waals surface area contributed by atoms with Gasteiger partial charge in [-0.15, -0.1) is 0 Å². The molecule has 1 aliphatic rings. The standard InChI is InChI=1S/C15H17F3O3/c16-15(17,18)11-5-7-12(8-6-11)21-9-10-3-1-2-4-13(10)14(19)20/h5-8,10,13H,1-4,9H2,(H,19,20). The highest BCUT2D eigenvalue weighted by Gasteiger charge is 2.32. The molecule has 21 heavy (non-hydrogen) atoms. The second-order valence-electron chi connectivity index (χ2n) is 5.32. The van der Waals surface area contributed by atoms with Gasteiger partial charge in [0.05, 0.1) is 18.1 Å². The molecule has 1 aromatic carbocycles. The minimum absolute atomic E-state index is 0.0847. The van der Waals surface area contributed by atoms with E-state index in [1.165, 1.54) is 12.1 Å². The van der Waals surface area contributed by atoms with Crippen molar-refractivity contribution in [3.05, 3.63) is 29.8 Å². The van der Waals surface area contributed by atoms with E-state index >= 15 is 0 Å². The van der Waals surface area contributed by atoms with Crippen LogP contribution in [-0.4, -0.2) is 17.7 Å². The minimum atomic E-state index is -4.36. The molecule has 0 heterocycles. The predicted octanol–water partition coefficient (Wildman–Crippen LogP) is 3.98. The zero-order chi connectivity index (χ0) is 15.5. The van der Waals surface area contributed by atoms with E-state index in [0.29, 0.717) is 12.2 Å². The van der Waals surface area contributed by atoms with Crippen LogP contribution in [0.1, 0.15) is 31.2 Å². The summed E-state index contributed by atoms with van der Waals surface area (Å²) in [5.74, 6) is -1.000. The second-order valence-corrected chi connectivity index (χ2v) is 5.32. The second kappa shape index (κ2) is 6.37. The molecule has 2 unspecified atom stereocenters. The number of hydrogen-bond acceptors (Lipinski definition) is 2. The number of benzene rings is 1. The van der Waals surface area contributed by atoms with Crippen LogP contribution in [0.25, 0.3) is 0 Å². The Labute approximate surface area is 120 Å². The number of carboxylic acids is 1. The van der Waals surface area contributed by atoms with Gasteiger partial charge >= 0.3 is 12.1 Å². The van der Waals surface area contributed by atoms with Crippen molar-refractivity contribution in [3.63, 3.8) is 0 Å². The third-order valence-corrected chi connectivity index (χ3v) is 3.87. The van der Waals surface area contributed by atoms with Crippen molar-refractivity contribution in [2.24, 2.45) is 11.8 Å². The number of aliphatic carboxylic acids is 1. The molecule has 0 spiro atoms. The van der Waals surface area contributed by atoms with Gasteiger partial charge < -0.3 is 9.84 Å². The number of ether oxygens (including phenoxy) is 1. The average Bonchev–Trinajstić information content (AvgIpc) is 2.45. The molecule has 0 aliphatic heterocycles. The predicted molar refractivity (Wildman–Crippen MR) is 70.0 cm³/mol. The van der Waals surface area contributed by atoms with Crippen molar-refractivity contribution in [2.45, 2.75) is 31.9 Å². The first-order chi connectivity index (χ1) is 9.88. The van der Waals surface area contributed by atoms with Gasteiger partial charge in [0.1, 0.15) is 5.75 Å². The van der Waals surface area contributed by atoms with Crippen LogP contribution >= 0.6 is 0 Å². The largest absolute Gasteiger partial charge is 0.493 e. The highest BCUT2D eigenvalue weighted by molar-refractivity contribution is 5.70. The van der Waals surface area contributed by atoms with E-state index in [4.69, 9.17) is 9.84 Å². The monoisotopic (exact) mass is 302 g/mol. The fourth-order valence-corrected chi connectivity index (χ4v) is 2.68. The lowest BCUT2D eigenvalue weighted by Crippen LogP contribution is -2.31. The topological polar surface area (TPSA) is 46.5 Å². The van der Waals surface area contributed by atoms with Crippen molar-refractivity contribution >= 4 is 5.97 Å². The van der Waals surface area contributed by atoms with Crippen molar-refractivity contribution in [3.8, 4) is 5.75 Å². The summed E-state index contributed by atoms with van der Waals surface area (Å²) in [6, 6.07) is 4.46. The van der Waals surface area contributed by atoms with Crippen LogP contribution in [0, 0.1) is 11.8 Å². The molecule has 1 aliphatic carbocycles. The highest BCUT2D eigenvalue weighted by atomic mass is 19.4. The summed E-state index contributed by atoms with van der Waals surface area (Å²) < 4.78 is 42.8. The van der Waals surface area contributed by atoms with E-state index < -0.39 is 23.6 Å². The Kier molecular flexibility index (Phi) is 4.75. The van der Waals surface area contributed by atoms with E-state index in [2.05, 4.69) is 0 Å². The van der Waals surface area contributed by atoms with E-state index in [0.717, 1.165) is 31.4 Å². The summed E-state index contributed by atoms with van der Waals surface area (Å²) in [6.45, 7) is 0.225. The van der Waals surface area contributed by atoms with Gasteiger partial charge in [-0.2, -0.15) is 13.2 Å². The van der Waals surface area contributed by atoms with Gasteiger partial charge in [0.2, 0.25) is 0 Å². The number of rotatable bonds is 4. The third-order valence-electron chi connectivity index (χ3n) is 3.87. The van der Waals surface area contributed by atoms with Gasteiger partial charge in [-0.3, -0.25) is 4.79 Å². The molecule has 3 nitrogen and oxygen atoms in total. The first kappa shape index (κ1) is 15.7. The molecule has 2 rings (SSSR count). The molecule has 0 bridgehead atoms. The van der Waals surface area contributed by atoms with Gasteiger partial charge in [-0.1, -0.05) is 12.8 Å². The van der Waals surface area contributed by atoms with Crippen LogP contribution < -0.4 is 4.74 Å². The Hall–Kier alpha value is -1.72. The molecule has 2 atom stereocenters. The molecule has 0 radical (unpaired) electrons. The van der Waals surface area contributed by atoms with Crippen LogP contribution in [0.3, 0.4) is 0 Å². The maximum absolute atomic E-state index is 12.4. The van der Waals surface area contributed by atoms with Gasteiger partial charge in [0.15, 0.2) is 0 Å². The van der Waals surface area contributed by atoms with Gasteiger partial charge in [-0.25, -0.2) is 0 Å². The van der Waals surface area contributed by atoms with Crippen LogP contribution in [0.15, 0.2) is 24.3 Å². The van der Waals surface area contributed by atoms with Gasteiger partial charge in [-0.05, 0) is 37.1 Å². The number of hydrogen-bond donors (Lipinski definition) is 1. The normalized spacial score (nSPS) is 22.8. The van der Waals surface area contributed by atoms with Crippen LogP contribution in [0.2, 0.25) is 0 Å². The van der Waals surface area contributed by atoms with Crippen molar-refractivity contribution in [2.75, 3.05) is 6.61 Å². The Morgan fingerprint density at radius 3 is 2.38 bits per heavy atom. The molecule has 6 heteroatoms. The van der Waals surface area contributed by atoms with Crippen molar-refractivity contribution in [1.29, 1.82) is 0 Å². The molecule has 1 fully saturated rings. The third kappa shape index (κ3) is 4.12. The van der Waals surface area contributed by atoms with Gasteiger partial charge in [0, 0.05) is 5.92 Å². The van der Waals surface area contributed by atoms with Crippen molar-refractivity contribution < 1.29 is 27.8 Å². The molecule has 1 N–H and O–H groups in total. The van der Waals surface area contributed by atoms with E-state index in [-0.39, 0.29) is 12.5 Å². The summed E-state index contributed by atoms with van der Waals surface area (Å²) in [5.41, 5.74) is -0.726. The average molecular weight is 302 g/mol. The SMILES string of the molecule is O=C(O)C1CCCCC1COc1ccc(C(F)(F)F)cc1. The van der Waals surface area contributed by atoms with Crippen LogP contribution in [-0.2, 0) is 11.0 Å². The van der Waals surface area contributed by atoms with Crippen LogP contribution in [0.4, 0.5) is 13.2 Å². The van der Waals surface area contributed by atoms with E-state index in [9.17, 15) is 18.0 Å². The van der Waals surface area contributed by atoms with Crippen molar-refractivity contribution in [1.82, 2.24) is 0 Å². The lowest BCUT2D eigenvalue weighted by Gasteiger charge is -2.28. The molecule has 1 aromatic rings. The summed E-state index contributed by atoms with van der Waals surface area (Å²) in [4.78, 5) is 11.2. The Morgan fingerprint density at radius 2 is 1.81 bits per heavy atom. The van der Waals surface area contributed by atoms with E-state index in [1.54, 1.807) is 0 Å². The Morgan fingerprint density at radius 1 is 1.19 bits per heavy atom. The summed E-state index contributed by atoms with van der Waals surface area (Å²) >= 11 is 0. The Bertz CT molecular complexity index is 482. The lowest BCUT2D eigenvalue weighted by molar-refractivity contribution is -0.145. The molecular weight excluding hydrogens is 285 g/mol. The summed E-state index contributed by atoms with van der Waals surface area (Å²) in [7, 11) is 0. The molecule has 0 amide bonds. The highest BCUT2D eigenvalue weighted by Crippen LogP contribution is 2.32. The number of carboxylic acid groups (broad SMARTS) is 1. The molecule has 1 saturated carbocycles. The summed E-state index contributed by atoms with van der Waals surface area (Å²) in [5, 5.41) is 9.15. The number of alkyl halides is 3. The lowest BCUT2D eigenvalue weighted by atomic mass is 9.80. The molecular formula is C15H17F3O3. The molecule has 0 saturated heterocycles. The molecule has 0 aromatic heterocycles. The van der Waals surface area contributed by atoms with E-state index in [1.807, 2.05) is 0 Å².